The quantitative estimate of drug-likeness (QED) is 0.641. The van der Waals surface area contributed by atoms with E-state index < -0.39 is 0 Å². The van der Waals surface area contributed by atoms with Gasteiger partial charge in [0.05, 0.1) is 5.60 Å². The lowest BCUT2D eigenvalue weighted by Gasteiger charge is -2.42. The first-order valence-electron chi connectivity index (χ1n) is 4.45. The van der Waals surface area contributed by atoms with Gasteiger partial charge in [0.15, 0.2) is 0 Å². The van der Waals surface area contributed by atoms with Crippen LogP contribution in [0.1, 0.15) is 46.0 Å². The molecule has 1 fully saturated rings. The van der Waals surface area contributed by atoms with E-state index in [1.807, 2.05) is 0 Å². The molecule has 0 aromatic carbocycles. The zero-order valence-electron chi connectivity index (χ0n) is 7.06. The Morgan fingerprint density at radius 1 is 1.30 bits per heavy atom. The lowest BCUT2D eigenvalue weighted by molar-refractivity contribution is -0.0857. The minimum absolute atomic E-state index is 0.260. The molecule has 0 aromatic heterocycles. The van der Waals surface area contributed by atoms with E-state index in [4.69, 9.17) is 0 Å². The van der Waals surface area contributed by atoms with Crippen LogP contribution < -0.4 is 0 Å². The second kappa shape index (κ2) is 2.91. The molecule has 1 nitrogen and oxygen atoms in total. The zero-order chi connectivity index (χ0) is 7.61. The maximum absolute atomic E-state index is 9.87. The third-order valence-corrected chi connectivity index (χ3v) is 2.96. The Balaban J connectivity index is 2.43. The van der Waals surface area contributed by atoms with Gasteiger partial charge >= 0.3 is 0 Å². The monoisotopic (exact) mass is 142 g/mol. The highest BCUT2D eigenvalue weighted by molar-refractivity contribution is 4.92. The van der Waals surface area contributed by atoms with E-state index in [0.29, 0.717) is 5.92 Å². The van der Waals surface area contributed by atoms with Gasteiger partial charge in [0, 0.05) is 0 Å². The molecule has 1 aliphatic carbocycles. The van der Waals surface area contributed by atoms with Gasteiger partial charge in [-0.3, -0.25) is 0 Å². The largest absolute Gasteiger partial charge is 0.390 e. The van der Waals surface area contributed by atoms with Crippen LogP contribution in [0.2, 0.25) is 0 Å². The smallest absolute Gasteiger partial charge is 0.0675 e. The molecule has 0 heterocycles. The van der Waals surface area contributed by atoms with Crippen molar-refractivity contribution < 1.29 is 5.11 Å². The highest BCUT2D eigenvalue weighted by Crippen LogP contribution is 2.40. The molecule has 0 saturated heterocycles. The molecule has 1 rings (SSSR count). The Labute approximate surface area is 63.4 Å². The van der Waals surface area contributed by atoms with E-state index in [1.165, 1.54) is 6.42 Å². The van der Waals surface area contributed by atoms with E-state index >= 15 is 0 Å². The first-order chi connectivity index (χ1) is 4.73. The van der Waals surface area contributed by atoms with Gasteiger partial charge in [0.2, 0.25) is 0 Å². The SMILES string of the molecule is CCC(CC)C1(O)CCC1. The lowest BCUT2D eigenvalue weighted by atomic mass is 9.69. The maximum atomic E-state index is 9.87. The fraction of sp³-hybridized carbons (Fsp3) is 1.00. The molecule has 0 bridgehead atoms. The third-order valence-electron chi connectivity index (χ3n) is 2.96. The first kappa shape index (κ1) is 8.06. The fourth-order valence-corrected chi connectivity index (χ4v) is 2.00. The molecule has 0 aromatic rings. The van der Waals surface area contributed by atoms with Crippen LogP contribution in [0.15, 0.2) is 0 Å². The van der Waals surface area contributed by atoms with Crippen LogP contribution in [0.4, 0.5) is 0 Å². The van der Waals surface area contributed by atoms with Crippen molar-refractivity contribution in [3.63, 3.8) is 0 Å². The van der Waals surface area contributed by atoms with Crippen LogP contribution in [0.5, 0.6) is 0 Å². The topological polar surface area (TPSA) is 20.2 Å². The molecule has 10 heavy (non-hydrogen) atoms. The van der Waals surface area contributed by atoms with E-state index in [2.05, 4.69) is 13.8 Å². The number of hydrogen-bond donors (Lipinski definition) is 1. The molecule has 1 N–H and O–H groups in total. The summed E-state index contributed by atoms with van der Waals surface area (Å²) in [6.07, 6.45) is 5.58. The van der Waals surface area contributed by atoms with E-state index in [1.54, 1.807) is 0 Å². The molecule has 60 valence electrons. The van der Waals surface area contributed by atoms with Gasteiger partial charge in [-0.25, -0.2) is 0 Å². The summed E-state index contributed by atoms with van der Waals surface area (Å²) in [7, 11) is 0. The molecular formula is C9H18O. The van der Waals surface area contributed by atoms with E-state index in [9.17, 15) is 5.11 Å². The molecule has 0 unspecified atom stereocenters. The summed E-state index contributed by atoms with van der Waals surface area (Å²) in [5, 5.41) is 9.87. The summed E-state index contributed by atoms with van der Waals surface area (Å²) >= 11 is 0. The minimum Gasteiger partial charge on any atom is -0.390 e. The molecule has 0 radical (unpaired) electrons. The molecule has 0 amide bonds. The summed E-state index contributed by atoms with van der Waals surface area (Å²) in [6.45, 7) is 4.34. The van der Waals surface area contributed by atoms with Crippen molar-refractivity contribution in [3.8, 4) is 0 Å². The molecule has 1 heteroatoms. The van der Waals surface area contributed by atoms with Crippen molar-refractivity contribution in [1.29, 1.82) is 0 Å². The summed E-state index contributed by atoms with van der Waals surface area (Å²) < 4.78 is 0. The number of aliphatic hydroxyl groups is 1. The maximum Gasteiger partial charge on any atom is 0.0675 e. The molecule has 1 saturated carbocycles. The van der Waals surface area contributed by atoms with Crippen molar-refractivity contribution in [2.45, 2.75) is 51.6 Å². The molecule has 1 aliphatic rings. The third kappa shape index (κ3) is 1.20. The molecule has 0 atom stereocenters. The van der Waals surface area contributed by atoms with Crippen molar-refractivity contribution >= 4 is 0 Å². The predicted molar refractivity (Wildman–Crippen MR) is 42.9 cm³/mol. The van der Waals surface area contributed by atoms with Crippen molar-refractivity contribution in [2.24, 2.45) is 5.92 Å². The van der Waals surface area contributed by atoms with Gasteiger partial charge in [-0.1, -0.05) is 26.7 Å². The summed E-state index contributed by atoms with van der Waals surface area (Å²) in [5.74, 6) is 0.557. The average Bonchev–Trinajstić information content (AvgIpc) is 1.87. The van der Waals surface area contributed by atoms with Gasteiger partial charge in [0.25, 0.3) is 0 Å². The highest BCUT2D eigenvalue weighted by atomic mass is 16.3. The van der Waals surface area contributed by atoms with Crippen LogP contribution in [0.25, 0.3) is 0 Å². The van der Waals surface area contributed by atoms with Gasteiger partial charge in [-0.05, 0) is 25.2 Å². The fourth-order valence-electron chi connectivity index (χ4n) is 2.00. The Hall–Kier alpha value is -0.0400. The van der Waals surface area contributed by atoms with Gasteiger partial charge in [-0.2, -0.15) is 0 Å². The van der Waals surface area contributed by atoms with Crippen molar-refractivity contribution in [1.82, 2.24) is 0 Å². The summed E-state index contributed by atoms with van der Waals surface area (Å²) in [5.41, 5.74) is -0.260. The molecule has 0 spiro atoms. The van der Waals surface area contributed by atoms with Gasteiger partial charge in [0.1, 0.15) is 0 Å². The zero-order valence-corrected chi connectivity index (χ0v) is 7.06. The normalized spacial score (nSPS) is 22.8. The van der Waals surface area contributed by atoms with Gasteiger partial charge < -0.3 is 5.11 Å². The van der Waals surface area contributed by atoms with Crippen LogP contribution in [-0.2, 0) is 0 Å². The highest BCUT2D eigenvalue weighted by Gasteiger charge is 2.39. The molecular weight excluding hydrogens is 124 g/mol. The number of rotatable bonds is 3. The summed E-state index contributed by atoms with van der Waals surface area (Å²) in [6, 6.07) is 0. The second-order valence-electron chi connectivity index (χ2n) is 3.47. The van der Waals surface area contributed by atoms with E-state index in [0.717, 1.165) is 25.7 Å². The first-order valence-corrected chi connectivity index (χ1v) is 4.45. The number of hydrogen-bond acceptors (Lipinski definition) is 1. The van der Waals surface area contributed by atoms with E-state index in [-0.39, 0.29) is 5.60 Å². The Morgan fingerprint density at radius 2 is 1.80 bits per heavy atom. The Morgan fingerprint density at radius 3 is 1.90 bits per heavy atom. The van der Waals surface area contributed by atoms with Crippen molar-refractivity contribution in [2.75, 3.05) is 0 Å². The van der Waals surface area contributed by atoms with Crippen LogP contribution in [-0.4, -0.2) is 10.7 Å². The minimum atomic E-state index is -0.260. The van der Waals surface area contributed by atoms with Gasteiger partial charge in [-0.15, -0.1) is 0 Å². The Kier molecular flexibility index (Phi) is 2.35. The van der Waals surface area contributed by atoms with Crippen LogP contribution >= 0.6 is 0 Å². The van der Waals surface area contributed by atoms with Crippen LogP contribution in [0, 0.1) is 5.92 Å². The predicted octanol–water partition coefficient (Wildman–Crippen LogP) is 2.34. The second-order valence-corrected chi connectivity index (χ2v) is 3.47. The van der Waals surface area contributed by atoms with Crippen molar-refractivity contribution in [3.05, 3.63) is 0 Å². The Bertz CT molecular complexity index is 101. The summed E-state index contributed by atoms with van der Waals surface area (Å²) in [4.78, 5) is 0. The lowest BCUT2D eigenvalue weighted by Crippen LogP contribution is -2.43. The van der Waals surface area contributed by atoms with Crippen LogP contribution in [0.3, 0.4) is 0 Å². The average molecular weight is 142 g/mol. The standard InChI is InChI=1S/C9H18O/c1-3-8(4-2)9(10)6-5-7-9/h8,10H,3-7H2,1-2H3. The molecule has 0 aliphatic heterocycles.